The monoisotopic (exact) mass is 416 g/mol. The van der Waals surface area contributed by atoms with Crippen LogP contribution in [-0.4, -0.2) is 9.55 Å². The Labute approximate surface area is 149 Å². The van der Waals surface area contributed by atoms with Crippen molar-refractivity contribution in [3.63, 3.8) is 0 Å². The number of rotatable bonds is 3. The number of aromatic nitrogens is 2. The summed E-state index contributed by atoms with van der Waals surface area (Å²) in [5.74, 6) is -0.485. The Bertz CT molecular complexity index is 881. The Morgan fingerprint density at radius 3 is 2.57 bits per heavy atom. The minimum Gasteiger partial charge on any atom is -0.293 e. The van der Waals surface area contributed by atoms with Crippen LogP contribution in [0.3, 0.4) is 0 Å². The first-order valence-corrected chi connectivity index (χ1v) is 8.43. The highest BCUT2D eigenvalue weighted by Crippen LogP contribution is 2.31. The summed E-state index contributed by atoms with van der Waals surface area (Å²) in [6.07, 6.45) is 1.58. The molecule has 23 heavy (non-hydrogen) atoms. The van der Waals surface area contributed by atoms with Crippen molar-refractivity contribution in [2.75, 3.05) is 0 Å². The molecule has 0 spiro atoms. The Morgan fingerprint density at radius 2 is 1.87 bits per heavy atom. The predicted molar refractivity (Wildman–Crippen MR) is 91.6 cm³/mol. The molecule has 0 radical (unpaired) electrons. The lowest BCUT2D eigenvalue weighted by Crippen LogP contribution is -2.04. The molecule has 0 fully saturated rings. The van der Waals surface area contributed by atoms with Gasteiger partial charge in [0.05, 0.1) is 33.0 Å². The zero-order valence-corrected chi connectivity index (χ0v) is 14.6. The van der Waals surface area contributed by atoms with Crippen molar-refractivity contribution in [2.24, 2.45) is 0 Å². The third kappa shape index (κ3) is 3.01. The van der Waals surface area contributed by atoms with Crippen LogP contribution in [0.15, 0.2) is 42.6 Å². The van der Waals surface area contributed by atoms with Gasteiger partial charge in [0.1, 0.15) is 11.6 Å². The van der Waals surface area contributed by atoms with E-state index < -0.39 is 11.6 Å². The molecule has 3 rings (SSSR count). The number of halogens is 5. The van der Waals surface area contributed by atoms with Crippen LogP contribution in [-0.2, 0) is 5.33 Å². The topological polar surface area (TPSA) is 17.8 Å². The quantitative estimate of drug-likeness (QED) is 0.476. The van der Waals surface area contributed by atoms with Gasteiger partial charge in [0.15, 0.2) is 5.82 Å². The summed E-state index contributed by atoms with van der Waals surface area (Å²) in [4.78, 5) is 4.28. The highest BCUT2D eigenvalue weighted by atomic mass is 79.9. The van der Waals surface area contributed by atoms with Crippen LogP contribution in [0, 0.1) is 11.6 Å². The normalized spacial score (nSPS) is 11.0. The molecule has 2 aromatic carbocycles. The van der Waals surface area contributed by atoms with Crippen LogP contribution in [0.5, 0.6) is 0 Å². The standard InChI is InChI=1S/C16H9BrCl2F2N2/c17-7-15-22-8-14(9-4-5-12(20)11(19)6-9)23(15)13-3-1-2-10(18)16(13)21/h1-6,8H,7H2. The van der Waals surface area contributed by atoms with Crippen LogP contribution in [0.25, 0.3) is 16.9 Å². The van der Waals surface area contributed by atoms with Crippen LogP contribution < -0.4 is 0 Å². The van der Waals surface area contributed by atoms with Gasteiger partial charge in [0, 0.05) is 5.56 Å². The first-order valence-electron chi connectivity index (χ1n) is 6.55. The second kappa shape index (κ2) is 6.59. The van der Waals surface area contributed by atoms with Crippen molar-refractivity contribution < 1.29 is 8.78 Å². The van der Waals surface area contributed by atoms with Crippen molar-refractivity contribution in [2.45, 2.75) is 5.33 Å². The van der Waals surface area contributed by atoms with Crippen molar-refractivity contribution >= 4 is 39.1 Å². The number of hydrogen-bond donors (Lipinski definition) is 0. The summed E-state index contributed by atoms with van der Waals surface area (Å²) in [5, 5.41) is 0.412. The minimum absolute atomic E-state index is 0.0118. The first-order chi connectivity index (χ1) is 11.0. The molecule has 0 bridgehead atoms. The summed E-state index contributed by atoms with van der Waals surface area (Å²) >= 11 is 15.1. The van der Waals surface area contributed by atoms with Gasteiger partial charge in [-0.25, -0.2) is 13.8 Å². The summed E-state index contributed by atoms with van der Waals surface area (Å²) in [5.41, 5.74) is 1.47. The first kappa shape index (κ1) is 16.4. The molecule has 0 aliphatic heterocycles. The Balaban J connectivity index is 2.26. The highest BCUT2D eigenvalue weighted by molar-refractivity contribution is 9.08. The van der Waals surface area contributed by atoms with E-state index in [1.807, 2.05) is 0 Å². The second-order valence-electron chi connectivity index (χ2n) is 4.73. The molecular formula is C16H9BrCl2F2N2. The number of benzene rings is 2. The Morgan fingerprint density at radius 1 is 1.09 bits per heavy atom. The number of nitrogens with zero attached hydrogens (tertiary/aromatic N) is 2. The number of hydrogen-bond acceptors (Lipinski definition) is 1. The third-order valence-electron chi connectivity index (χ3n) is 3.34. The maximum Gasteiger partial charge on any atom is 0.165 e. The van der Waals surface area contributed by atoms with Crippen LogP contribution >= 0.6 is 39.1 Å². The predicted octanol–water partition coefficient (Wildman–Crippen LogP) is 6.02. The van der Waals surface area contributed by atoms with Crippen molar-refractivity contribution in [1.29, 1.82) is 0 Å². The van der Waals surface area contributed by atoms with Gasteiger partial charge < -0.3 is 0 Å². The van der Waals surface area contributed by atoms with E-state index in [1.54, 1.807) is 29.0 Å². The molecule has 1 aromatic heterocycles. The van der Waals surface area contributed by atoms with E-state index in [0.29, 0.717) is 22.4 Å². The zero-order chi connectivity index (χ0) is 16.6. The zero-order valence-electron chi connectivity index (χ0n) is 11.5. The molecule has 0 amide bonds. The molecule has 0 aliphatic carbocycles. The Kier molecular flexibility index (Phi) is 4.71. The van der Waals surface area contributed by atoms with Gasteiger partial charge in [-0.3, -0.25) is 4.57 Å². The van der Waals surface area contributed by atoms with E-state index in [4.69, 9.17) is 23.2 Å². The van der Waals surface area contributed by atoms with E-state index in [-0.39, 0.29) is 15.7 Å². The summed E-state index contributed by atoms with van der Waals surface area (Å²) < 4.78 is 29.5. The van der Waals surface area contributed by atoms with E-state index >= 15 is 0 Å². The lowest BCUT2D eigenvalue weighted by Gasteiger charge is -2.13. The SMILES string of the molecule is Fc1ccc(-c2cnc(CBr)n2-c2cccc(Cl)c2F)cc1Cl. The second-order valence-corrected chi connectivity index (χ2v) is 6.11. The maximum absolute atomic E-state index is 14.4. The summed E-state index contributed by atoms with van der Waals surface area (Å²) in [6, 6.07) is 9.03. The summed E-state index contributed by atoms with van der Waals surface area (Å²) in [7, 11) is 0. The fourth-order valence-electron chi connectivity index (χ4n) is 2.28. The maximum atomic E-state index is 14.4. The van der Waals surface area contributed by atoms with Gasteiger partial charge in [-0.15, -0.1) is 0 Å². The minimum atomic E-state index is -0.552. The Hall–Kier alpha value is -1.43. The number of alkyl halides is 1. The smallest absolute Gasteiger partial charge is 0.165 e. The molecule has 7 heteroatoms. The lowest BCUT2D eigenvalue weighted by atomic mass is 10.1. The van der Waals surface area contributed by atoms with Gasteiger partial charge in [-0.2, -0.15) is 0 Å². The van der Waals surface area contributed by atoms with Crippen molar-refractivity contribution in [1.82, 2.24) is 9.55 Å². The van der Waals surface area contributed by atoms with Crippen LogP contribution in [0.1, 0.15) is 5.82 Å². The molecule has 0 aliphatic rings. The molecule has 0 N–H and O–H groups in total. The van der Waals surface area contributed by atoms with Gasteiger partial charge >= 0.3 is 0 Å². The van der Waals surface area contributed by atoms with Gasteiger partial charge in [-0.1, -0.05) is 45.2 Å². The molecule has 0 saturated carbocycles. The van der Waals surface area contributed by atoms with Gasteiger partial charge in [0.2, 0.25) is 0 Å². The molecule has 3 aromatic rings. The van der Waals surface area contributed by atoms with Crippen molar-refractivity contribution in [3.05, 3.63) is 70.1 Å². The average Bonchev–Trinajstić information content (AvgIpc) is 2.96. The molecule has 0 saturated heterocycles. The molecule has 1 heterocycles. The van der Waals surface area contributed by atoms with Gasteiger partial charge in [0.25, 0.3) is 0 Å². The third-order valence-corrected chi connectivity index (χ3v) is 4.42. The largest absolute Gasteiger partial charge is 0.293 e. The number of imidazole rings is 1. The van der Waals surface area contributed by atoms with E-state index in [0.717, 1.165) is 0 Å². The van der Waals surface area contributed by atoms with Crippen LogP contribution in [0.4, 0.5) is 8.78 Å². The van der Waals surface area contributed by atoms with E-state index in [1.165, 1.54) is 18.2 Å². The average molecular weight is 418 g/mol. The summed E-state index contributed by atoms with van der Waals surface area (Å²) in [6.45, 7) is 0. The fraction of sp³-hybridized carbons (Fsp3) is 0.0625. The van der Waals surface area contributed by atoms with E-state index in [2.05, 4.69) is 20.9 Å². The lowest BCUT2D eigenvalue weighted by molar-refractivity contribution is 0.617. The highest BCUT2D eigenvalue weighted by Gasteiger charge is 2.18. The molecule has 2 nitrogen and oxygen atoms in total. The molecule has 0 atom stereocenters. The van der Waals surface area contributed by atoms with Gasteiger partial charge in [-0.05, 0) is 30.3 Å². The fourth-order valence-corrected chi connectivity index (χ4v) is 3.02. The molecule has 118 valence electrons. The van der Waals surface area contributed by atoms with Crippen molar-refractivity contribution in [3.8, 4) is 16.9 Å². The van der Waals surface area contributed by atoms with Crippen LogP contribution in [0.2, 0.25) is 10.0 Å². The van der Waals surface area contributed by atoms with E-state index in [9.17, 15) is 8.78 Å². The molecular weight excluding hydrogens is 409 g/mol. The molecule has 0 unspecified atom stereocenters.